The summed E-state index contributed by atoms with van der Waals surface area (Å²) in [6, 6.07) is 2.55. The molecular weight excluding hydrogens is 548 g/mol. The Morgan fingerprint density at radius 1 is 1.12 bits per heavy atom. The van der Waals surface area contributed by atoms with Crippen LogP contribution in [0, 0.1) is 0 Å². The Kier molecular flexibility index (Phi) is 7.66. The minimum atomic E-state index is -0.135. The van der Waals surface area contributed by atoms with Crippen LogP contribution in [0.2, 0.25) is 0 Å². The van der Waals surface area contributed by atoms with Gasteiger partial charge in [-0.2, -0.15) is 10.2 Å². The number of ether oxygens (including phenoxy) is 3. The van der Waals surface area contributed by atoms with Crippen LogP contribution in [0.5, 0.6) is 11.8 Å². The number of aliphatic hydroxyl groups excluding tert-OH is 1. The number of hydrogen-bond donors (Lipinski definition) is 1. The van der Waals surface area contributed by atoms with Gasteiger partial charge in [-0.3, -0.25) is 14.6 Å². The van der Waals surface area contributed by atoms with E-state index in [1.165, 1.54) is 0 Å². The fraction of sp³-hybridized carbons (Fsp3) is 0.548. The van der Waals surface area contributed by atoms with Gasteiger partial charge in [0.05, 0.1) is 65.9 Å². The van der Waals surface area contributed by atoms with Crippen molar-refractivity contribution in [2.75, 3.05) is 26.4 Å². The van der Waals surface area contributed by atoms with Gasteiger partial charge in [-0.15, -0.1) is 5.10 Å². The average Bonchev–Trinajstić information content (AvgIpc) is 3.62. The van der Waals surface area contributed by atoms with E-state index in [2.05, 4.69) is 29.1 Å². The van der Waals surface area contributed by atoms with Crippen molar-refractivity contribution in [3.8, 4) is 23.0 Å². The second-order valence-electron chi connectivity index (χ2n) is 11.7. The Bertz CT molecular complexity index is 1630. The molecule has 4 aromatic rings. The van der Waals surface area contributed by atoms with Gasteiger partial charge in [-0.1, -0.05) is 0 Å². The number of nitrogens with zero attached hydrogens (tertiary/aromatic N) is 8. The molecule has 2 bridgehead atoms. The number of aryl methyl sites for hydroxylation is 1. The predicted octanol–water partition coefficient (Wildman–Crippen LogP) is 4.03. The second-order valence-corrected chi connectivity index (χ2v) is 11.7. The number of aliphatic hydroxyl groups is 1. The molecule has 12 nitrogen and oxygen atoms in total. The van der Waals surface area contributed by atoms with Gasteiger partial charge in [0.15, 0.2) is 6.23 Å². The van der Waals surface area contributed by atoms with Crippen LogP contribution < -0.4 is 9.47 Å². The number of fused-ring (bicyclic) bond motifs is 4. The highest BCUT2D eigenvalue weighted by atomic mass is 16.5. The molecule has 2 fully saturated rings. The van der Waals surface area contributed by atoms with Gasteiger partial charge >= 0.3 is 0 Å². The molecule has 4 aromatic heterocycles. The van der Waals surface area contributed by atoms with Crippen molar-refractivity contribution in [3.63, 3.8) is 0 Å². The fourth-order valence-electron chi connectivity index (χ4n) is 6.25. The first-order valence-electron chi connectivity index (χ1n) is 15.5. The average molecular weight is 589 g/mol. The minimum absolute atomic E-state index is 0.0121. The Morgan fingerprint density at radius 3 is 2.77 bits per heavy atom. The third kappa shape index (κ3) is 5.43. The van der Waals surface area contributed by atoms with Crippen LogP contribution in [0.3, 0.4) is 0 Å². The molecule has 3 aliphatic rings. The molecule has 228 valence electrons. The molecule has 2 atom stereocenters. The first kappa shape index (κ1) is 28.1. The summed E-state index contributed by atoms with van der Waals surface area (Å²) in [5, 5.41) is 25.3. The summed E-state index contributed by atoms with van der Waals surface area (Å²) in [7, 11) is 1.90. The summed E-state index contributed by atoms with van der Waals surface area (Å²) in [5.74, 6) is 1.25. The van der Waals surface area contributed by atoms with Crippen molar-refractivity contribution in [3.05, 3.63) is 35.4 Å². The highest BCUT2D eigenvalue weighted by Gasteiger charge is 2.33. The summed E-state index contributed by atoms with van der Waals surface area (Å²) in [6.07, 6.45) is 12.9. The maximum absolute atomic E-state index is 9.91. The lowest BCUT2D eigenvalue weighted by atomic mass is 10.1. The number of hydrogen-bond acceptors (Lipinski definition) is 9. The Labute approximate surface area is 250 Å². The van der Waals surface area contributed by atoms with Crippen molar-refractivity contribution < 1.29 is 19.3 Å². The largest absolute Gasteiger partial charge is 0.476 e. The van der Waals surface area contributed by atoms with Crippen LogP contribution in [-0.2, 0) is 24.9 Å². The van der Waals surface area contributed by atoms with Crippen LogP contribution in [0.15, 0.2) is 18.5 Å². The SMILES string of the molecule is CCOc1nn(CCO)c2c1/C=C/c1nn(C3CCCCO3)c3cnc(cc13)-c1cnn(C)c1O[C@@H](C)CN(C1CC1)C2. The molecule has 43 heavy (non-hydrogen) atoms. The quantitative estimate of drug-likeness (QED) is 0.356. The van der Waals surface area contributed by atoms with Crippen LogP contribution in [0.25, 0.3) is 34.3 Å². The first-order chi connectivity index (χ1) is 21.0. The Balaban J connectivity index is 1.42. The third-order valence-electron chi connectivity index (χ3n) is 8.50. The lowest BCUT2D eigenvalue weighted by Gasteiger charge is -2.27. The molecule has 2 aliphatic heterocycles. The topological polar surface area (TPSA) is 118 Å². The van der Waals surface area contributed by atoms with Gasteiger partial charge < -0.3 is 19.3 Å². The maximum Gasteiger partial charge on any atom is 0.240 e. The summed E-state index contributed by atoms with van der Waals surface area (Å²) >= 11 is 0. The van der Waals surface area contributed by atoms with Crippen LogP contribution in [0.1, 0.15) is 69.1 Å². The van der Waals surface area contributed by atoms with Gasteiger partial charge in [-0.05, 0) is 64.2 Å². The maximum atomic E-state index is 9.91. The van der Waals surface area contributed by atoms with Crippen molar-refractivity contribution in [2.45, 2.75) is 77.4 Å². The first-order valence-corrected chi connectivity index (χ1v) is 15.5. The van der Waals surface area contributed by atoms with E-state index in [-0.39, 0.29) is 18.9 Å². The van der Waals surface area contributed by atoms with Gasteiger partial charge in [-0.25, -0.2) is 9.36 Å². The van der Waals surface area contributed by atoms with Gasteiger partial charge in [0.2, 0.25) is 11.8 Å². The minimum Gasteiger partial charge on any atom is -0.476 e. The van der Waals surface area contributed by atoms with Gasteiger partial charge in [0, 0.05) is 38.2 Å². The van der Waals surface area contributed by atoms with Crippen molar-refractivity contribution in [2.24, 2.45) is 7.05 Å². The monoisotopic (exact) mass is 588 g/mol. The summed E-state index contributed by atoms with van der Waals surface area (Å²) in [6.45, 7) is 7.04. The molecule has 6 heterocycles. The summed E-state index contributed by atoms with van der Waals surface area (Å²) in [5.41, 5.74) is 5.27. The number of rotatable bonds is 6. The molecule has 1 N–H and O–H groups in total. The van der Waals surface area contributed by atoms with Gasteiger partial charge in [0.1, 0.15) is 6.10 Å². The van der Waals surface area contributed by atoms with Crippen LogP contribution in [-0.4, -0.2) is 82.8 Å². The zero-order chi connectivity index (χ0) is 29.5. The van der Waals surface area contributed by atoms with E-state index in [1.807, 2.05) is 41.8 Å². The van der Waals surface area contributed by atoms with Crippen molar-refractivity contribution in [1.29, 1.82) is 0 Å². The van der Waals surface area contributed by atoms with E-state index in [9.17, 15) is 5.11 Å². The van der Waals surface area contributed by atoms with E-state index < -0.39 is 0 Å². The molecule has 0 radical (unpaired) electrons. The zero-order valence-corrected chi connectivity index (χ0v) is 25.1. The zero-order valence-electron chi connectivity index (χ0n) is 25.1. The molecule has 1 unspecified atom stereocenters. The molecule has 0 spiro atoms. The Morgan fingerprint density at radius 2 is 2.00 bits per heavy atom. The molecular formula is C31H40N8O4. The predicted molar refractivity (Wildman–Crippen MR) is 162 cm³/mol. The molecule has 12 heteroatoms. The van der Waals surface area contributed by atoms with Crippen LogP contribution in [0.4, 0.5) is 0 Å². The van der Waals surface area contributed by atoms with Gasteiger partial charge in [0.25, 0.3) is 0 Å². The lowest BCUT2D eigenvalue weighted by Crippen LogP contribution is -2.36. The summed E-state index contributed by atoms with van der Waals surface area (Å²) in [4.78, 5) is 7.34. The van der Waals surface area contributed by atoms with E-state index in [4.69, 9.17) is 29.4 Å². The normalized spacial score (nSPS) is 22.0. The smallest absolute Gasteiger partial charge is 0.240 e. The standard InChI is InChI=1S/C31H40N8O4/c1-4-41-30-22-10-11-25-23-15-26(32-17-27(23)39(34-25)29-7-5-6-14-42-29)24-16-33-36(3)31(24)43-20(2)18-37(21-8-9-21)19-28(22)38(35-30)12-13-40/h10-11,15-17,20-21,29,40H,4-9,12-14,18-19H2,1-3H3/b11-10+/t20-,29?/m0/s1. The highest BCUT2D eigenvalue weighted by Crippen LogP contribution is 2.36. The number of pyridine rings is 1. The molecule has 0 amide bonds. The lowest BCUT2D eigenvalue weighted by molar-refractivity contribution is -0.0367. The highest BCUT2D eigenvalue weighted by molar-refractivity contribution is 5.92. The molecule has 0 aromatic carbocycles. The second kappa shape index (κ2) is 11.7. The molecule has 1 saturated carbocycles. The molecule has 1 aliphatic carbocycles. The van der Waals surface area contributed by atoms with E-state index in [0.29, 0.717) is 37.5 Å². The molecule has 1 saturated heterocycles. The Hall–Kier alpha value is -3.74. The van der Waals surface area contributed by atoms with Crippen molar-refractivity contribution >= 4 is 23.1 Å². The summed E-state index contributed by atoms with van der Waals surface area (Å²) < 4.78 is 24.4. The van der Waals surface area contributed by atoms with E-state index in [0.717, 1.165) is 84.4 Å². The third-order valence-corrected chi connectivity index (χ3v) is 8.50. The van der Waals surface area contributed by atoms with Crippen LogP contribution >= 0.6 is 0 Å². The molecule has 7 rings (SSSR count). The van der Waals surface area contributed by atoms with E-state index in [1.54, 1.807) is 4.68 Å². The number of aromatic nitrogens is 7. The van der Waals surface area contributed by atoms with Crippen molar-refractivity contribution in [1.82, 2.24) is 39.2 Å². The van der Waals surface area contributed by atoms with E-state index >= 15 is 0 Å². The fourth-order valence-corrected chi connectivity index (χ4v) is 6.25.